The molecule has 0 saturated carbocycles. The normalized spacial score (nSPS) is 33.1. The Labute approximate surface area is 104 Å². The molecule has 1 N–H and O–H groups in total. The second kappa shape index (κ2) is 5.22. The zero-order chi connectivity index (χ0) is 12.5. The lowest BCUT2D eigenvalue weighted by Gasteiger charge is -2.35. The summed E-state index contributed by atoms with van der Waals surface area (Å²) in [5.74, 6) is 0.116. The van der Waals surface area contributed by atoms with Crippen LogP contribution in [0.15, 0.2) is 0 Å². The van der Waals surface area contributed by atoms with E-state index in [1.165, 1.54) is 4.31 Å². The van der Waals surface area contributed by atoms with E-state index in [1.54, 1.807) is 4.31 Å². The molecular formula is C11H22N2O3S. The van der Waals surface area contributed by atoms with Gasteiger partial charge in [-0.1, -0.05) is 6.42 Å². The summed E-state index contributed by atoms with van der Waals surface area (Å²) in [5.41, 5.74) is 0. The molecule has 0 spiro atoms. The lowest BCUT2D eigenvalue weighted by Crippen LogP contribution is -2.49. The van der Waals surface area contributed by atoms with Crippen molar-refractivity contribution in [3.63, 3.8) is 0 Å². The minimum absolute atomic E-state index is 0.0849. The molecule has 0 amide bonds. The Hall–Kier alpha value is -0.170. The van der Waals surface area contributed by atoms with Crippen molar-refractivity contribution in [2.75, 3.05) is 26.2 Å². The third-order valence-electron chi connectivity index (χ3n) is 3.87. The lowest BCUT2D eigenvalue weighted by atomic mass is 10.1. The summed E-state index contributed by atoms with van der Waals surface area (Å²) in [6.07, 6.45) is 3.81. The molecule has 0 aliphatic carbocycles. The Kier molecular flexibility index (Phi) is 4.07. The first kappa shape index (κ1) is 13.3. The van der Waals surface area contributed by atoms with Crippen molar-refractivity contribution in [3.8, 4) is 0 Å². The van der Waals surface area contributed by atoms with Gasteiger partial charge < -0.3 is 5.11 Å². The predicted molar refractivity (Wildman–Crippen MR) is 65.7 cm³/mol. The molecule has 6 heteroatoms. The number of rotatable bonds is 3. The fraction of sp³-hybridized carbons (Fsp3) is 1.00. The fourth-order valence-electron chi connectivity index (χ4n) is 2.72. The van der Waals surface area contributed by atoms with Crippen LogP contribution in [0.1, 0.15) is 32.6 Å². The van der Waals surface area contributed by atoms with E-state index in [4.69, 9.17) is 5.11 Å². The average molecular weight is 262 g/mol. The van der Waals surface area contributed by atoms with Gasteiger partial charge in [-0.15, -0.1) is 0 Å². The zero-order valence-corrected chi connectivity index (χ0v) is 11.2. The van der Waals surface area contributed by atoms with Crippen LogP contribution >= 0.6 is 0 Å². The Bertz CT molecular complexity index is 358. The molecule has 2 unspecified atom stereocenters. The maximum Gasteiger partial charge on any atom is 0.282 e. The maximum absolute atomic E-state index is 12.4. The first-order valence-corrected chi connectivity index (χ1v) is 7.83. The van der Waals surface area contributed by atoms with Crippen LogP contribution in [0.2, 0.25) is 0 Å². The molecular weight excluding hydrogens is 240 g/mol. The van der Waals surface area contributed by atoms with E-state index >= 15 is 0 Å². The van der Waals surface area contributed by atoms with Gasteiger partial charge in [-0.05, 0) is 32.1 Å². The third kappa shape index (κ3) is 2.65. The molecule has 2 fully saturated rings. The monoisotopic (exact) mass is 262 g/mol. The van der Waals surface area contributed by atoms with Crippen LogP contribution in [0.25, 0.3) is 0 Å². The number of aliphatic hydroxyl groups is 1. The van der Waals surface area contributed by atoms with Gasteiger partial charge in [-0.25, -0.2) is 0 Å². The van der Waals surface area contributed by atoms with Gasteiger partial charge in [0.1, 0.15) is 0 Å². The quantitative estimate of drug-likeness (QED) is 0.802. The standard InChI is InChI=1S/C11H22N2O3S/c1-10-4-2-3-6-13(10)17(15,16)12-7-5-11(8-12)9-14/h10-11,14H,2-9H2,1H3. The highest BCUT2D eigenvalue weighted by atomic mass is 32.2. The lowest BCUT2D eigenvalue weighted by molar-refractivity contribution is 0.226. The SMILES string of the molecule is CC1CCCCN1S(=O)(=O)N1CCC(CO)C1. The van der Waals surface area contributed by atoms with Crippen LogP contribution in [0.4, 0.5) is 0 Å². The van der Waals surface area contributed by atoms with E-state index in [-0.39, 0.29) is 18.6 Å². The molecule has 0 aromatic carbocycles. The molecule has 2 aliphatic heterocycles. The predicted octanol–water partition coefficient (Wildman–Crippen LogP) is 0.420. The number of aliphatic hydroxyl groups excluding tert-OH is 1. The molecule has 0 radical (unpaired) electrons. The maximum atomic E-state index is 12.4. The molecule has 100 valence electrons. The van der Waals surface area contributed by atoms with Gasteiger partial charge in [0.15, 0.2) is 0 Å². The highest BCUT2D eigenvalue weighted by molar-refractivity contribution is 7.86. The van der Waals surface area contributed by atoms with Gasteiger partial charge >= 0.3 is 0 Å². The minimum atomic E-state index is -3.30. The minimum Gasteiger partial charge on any atom is -0.396 e. The second-order valence-corrected chi connectivity index (χ2v) is 7.04. The van der Waals surface area contributed by atoms with E-state index in [0.717, 1.165) is 25.7 Å². The van der Waals surface area contributed by atoms with Gasteiger partial charge in [-0.3, -0.25) is 0 Å². The van der Waals surface area contributed by atoms with Crippen LogP contribution in [-0.2, 0) is 10.2 Å². The molecule has 0 aromatic rings. The zero-order valence-electron chi connectivity index (χ0n) is 10.4. The van der Waals surface area contributed by atoms with Crippen LogP contribution in [0, 0.1) is 5.92 Å². The summed E-state index contributed by atoms with van der Waals surface area (Å²) < 4.78 is 28.0. The number of nitrogens with zero attached hydrogens (tertiary/aromatic N) is 2. The largest absolute Gasteiger partial charge is 0.396 e. The van der Waals surface area contributed by atoms with Crippen molar-refractivity contribution in [3.05, 3.63) is 0 Å². The topological polar surface area (TPSA) is 60.9 Å². The summed E-state index contributed by atoms with van der Waals surface area (Å²) >= 11 is 0. The first-order valence-electron chi connectivity index (χ1n) is 6.43. The van der Waals surface area contributed by atoms with Crippen LogP contribution in [0.3, 0.4) is 0 Å². The summed E-state index contributed by atoms with van der Waals surface area (Å²) in [5, 5.41) is 9.08. The molecule has 0 bridgehead atoms. The van der Waals surface area contributed by atoms with Gasteiger partial charge in [0.25, 0.3) is 10.2 Å². The van der Waals surface area contributed by atoms with E-state index in [9.17, 15) is 8.42 Å². The van der Waals surface area contributed by atoms with E-state index in [1.807, 2.05) is 6.92 Å². The van der Waals surface area contributed by atoms with Crippen molar-refractivity contribution < 1.29 is 13.5 Å². The molecule has 2 rings (SSSR count). The number of piperidine rings is 1. The highest BCUT2D eigenvalue weighted by Gasteiger charge is 2.38. The molecule has 2 saturated heterocycles. The number of hydrogen-bond donors (Lipinski definition) is 1. The Morgan fingerprint density at radius 3 is 2.59 bits per heavy atom. The van der Waals surface area contributed by atoms with Gasteiger partial charge in [0, 0.05) is 32.3 Å². The van der Waals surface area contributed by atoms with Crippen molar-refractivity contribution in [2.45, 2.75) is 38.6 Å². The Morgan fingerprint density at radius 1 is 1.24 bits per heavy atom. The fourth-order valence-corrected chi connectivity index (χ4v) is 4.67. The van der Waals surface area contributed by atoms with Gasteiger partial charge in [-0.2, -0.15) is 17.0 Å². The summed E-state index contributed by atoms with van der Waals surface area (Å²) in [6, 6.07) is 0.113. The molecule has 2 aliphatic rings. The molecule has 5 nitrogen and oxygen atoms in total. The van der Waals surface area contributed by atoms with Crippen LogP contribution < -0.4 is 0 Å². The molecule has 0 aromatic heterocycles. The van der Waals surface area contributed by atoms with E-state index in [0.29, 0.717) is 19.6 Å². The van der Waals surface area contributed by atoms with E-state index < -0.39 is 10.2 Å². The first-order chi connectivity index (χ1) is 8.05. The average Bonchev–Trinajstić information content (AvgIpc) is 2.78. The molecule has 2 atom stereocenters. The summed E-state index contributed by atoms with van der Waals surface area (Å²) in [7, 11) is -3.30. The molecule has 2 heterocycles. The smallest absolute Gasteiger partial charge is 0.282 e. The van der Waals surface area contributed by atoms with Crippen molar-refractivity contribution in [1.82, 2.24) is 8.61 Å². The summed E-state index contributed by atoms with van der Waals surface area (Å²) in [4.78, 5) is 0. The Morgan fingerprint density at radius 2 is 2.00 bits per heavy atom. The van der Waals surface area contributed by atoms with Crippen molar-refractivity contribution in [2.24, 2.45) is 5.92 Å². The Balaban J connectivity index is 2.08. The second-order valence-electron chi connectivity index (χ2n) is 5.16. The van der Waals surface area contributed by atoms with E-state index in [2.05, 4.69) is 0 Å². The van der Waals surface area contributed by atoms with Gasteiger partial charge in [0.2, 0.25) is 0 Å². The number of hydrogen-bond acceptors (Lipinski definition) is 3. The van der Waals surface area contributed by atoms with Crippen molar-refractivity contribution in [1.29, 1.82) is 0 Å². The summed E-state index contributed by atoms with van der Waals surface area (Å²) in [6.45, 7) is 3.74. The highest BCUT2D eigenvalue weighted by Crippen LogP contribution is 2.26. The van der Waals surface area contributed by atoms with Gasteiger partial charge in [0.05, 0.1) is 0 Å². The third-order valence-corrected chi connectivity index (χ3v) is 5.99. The van der Waals surface area contributed by atoms with Crippen LogP contribution in [-0.4, -0.2) is 54.4 Å². The van der Waals surface area contributed by atoms with Crippen LogP contribution in [0.5, 0.6) is 0 Å². The van der Waals surface area contributed by atoms with Crippen molar-refractivity contribution >= 4 is 10.2 Å². The molecule has 17 heavy (non-hydrogen) atoms.